The summed E-state index contributed by atoms with van der Waals surface area (Å²) >= 11 is 0. The molecule has 5 nitrogen and oxygen atoms in total. The van der Waals surface area contributed by atoms with Gasteiger partial charge in [-0.15, -0.1) is 0 Å². The molecule has 3 aromatic carbocycles. The molecule has 9 rings (SSSR count). The van der Waals surface area contributed by atoms with E-state index >= 15 is 0 Å². The van der Waals surface area contributed by atoms with Crippen LogP contribution < -0.4 is 0 Å². The zero-order valence-electron chi connectivity index (χ0n) is 27.2. The number of hydrogen-bond donors (Lipinski definition) is 0. The number of nitrogens with zero attached hydrogens (tertiary/aromatic N) is 5. The molecule has 0 saturated heterocycles. The first kappa shape index (κ1) is 29.5. The second-order valence-electron chi connectivity index (χ2n) is 12.5. The SMILES string of the molecule is C1=C(c2cc(-c3ccccn3)nc(-c3ccccn3)c2)CCC(c2ccc3nc(-c4ccccc4)c4cccc(-c5ccncc5)c4c3c2)=C1. The largest absolute Gasteiger partial charge is 0.265 e. The first-order valence-corrected chi connectivity index (χ1v) is 16.9. The van der Waals surface area contributed by atoms with Crippen molar-refractivity contribution in [1.29, 1.82) is 0 Å². The van der Waals surface area contributed by atoms with Gasteiger partial charge in [0.1, 0.15) is 0 Å². The van der Waals surface area contributed by atoms with E-state index in [1.807, 2.05) is 67.3 Å². The highest BCUT2D eigenvalue weighted by molar-refractivity contribution is 6.17. The van der Waals surface area contributed by atoms with Gasteiger partial charge in [-0.25, -0.2) is 9.97 Å². The molecule has 0 aliphatic heterocycles. The summed E-state index contributed by atoms with van der Waals surface area (Å²) in [5.41, 5.74) is 13.7. The Bertz CT molecular complexity index is 2500. The van der Waals surface area contributed by atoms with Crippen molar-refractivity contribution in [3.8, 4) is 45.2 Å². The van der Waals surface area contributed by atoms with E-state index in [9.17, 15) is 0 Å². The molecule has 1 aliphatic carbocycles. The molecule has 50 heavy (non-hydrogen) atoms. The second-order valence-corrected chi connectivity index (χ2v) is 12.5. The molecule has 0 atom stereocenters. The standard InChI is InChI=1S/C45H31N5/c1-2-9-33(10-3-1)45-37-12-8-11-36(32-21-25-46-26-22-32)44(37)38-27-34(19-20-39(38)50-45)30-15-17-31(18-16-30)35-28-42(40-13-4-6-23-47-40)49-43(29-35)41-14-5-7-24-48-41/h1-15,17,19-29H,16,18H2. The van der Waals surface area contributed by atoms with Crippen LogP contribution in [-0.2, 0) is 0 Å². The highest BCUT2D eigenvalue weighted by atomic mass is 14.8. The minimum Gasteiger partial charge on any atom is -0.265 e. The molecule has 0 bridgehead atoms. The van der Waals surface area contributed by atoms with Crippen LogP contribution in [0, 0.1) is 0 Å². The summed E-state index contributed by atoms with van der Waals surface area (Å²) < 4.78 is 0. The van der Waals surface area contributed by atoms with E-state index in [1.165, 1.54) is 27.7 Å². The van der Waals surface area contributed by atoms with Gasteiger partial charge >= 0.3 is 0 Å². The fraction of sp³-hybridized carbons (Fsp3) is 0.0444. The van der Waals surface area contributed by atoms with Crippen molar-refractivity contribution in [2.24, 2.45) is 0 Å². The number of pyridine rings is 5. The predicted molar refractivity (Wildman–Crippen MR) is 204 cm³/mol. The fourth-order valence-electron chi connectivity index (χ4n) is 6.97. The normalized spacial score (nSPS) is 12.9. The molecule has 8 aromatic rings. The van der Waals surface area contributed by atoms with Gasteiger partial charge in [-0.2, -0.15) is 0 Å². The summed E-state index contributed by atoms with van der Waals surface area (Å²) in [6.45, 7) is 0. The molecule has 5 aromatic heterocycles. The lowest BCUT2D eigenvalue weighted by Gasteiger charge is -2.18. The Morgan fingerprint density at radius 3 is 1.76 bits per heavy atom. The lowest BCUT2D eigenvalue weighted by atomic mass is 9.88. The molecule has 0 N–H and O–H groups in total. The lowest BCUT2D eigenvalue weighted by molar-refractivity contribution is 1.07. The van der Waals surface area contributed by atoms with Gasteiger partial charge < -0.3 is 0 Å². The highest BCUT2D eigenvalue weighted by Gasteiger charge is 2.18. The minimum absolute atomic E-state index is 0.841. The van der Waals surface area contributed by atoms with Crippen LogP contribution in [0.15, 0.2) is 164 Å². The van der Waals surface area contributed by atoms with Crippen molar-refractivity contribution in [2.45, 2.75) is 12.8 Å². The molecule has 0 amide bonds. The molecule has 0 unspecified atom stereocenters. The minimum atomic E-state index is 0.841. The third kappa shape index (κ3) is 5.55. The maximum Gasteiger partial charge on any atom is 0.0900 e. The van der Waals surface area contributed by atoms with Crippen LogP contribution in [0.5, 0.6) is 0 Å². The van der Waals surface area contributed by atoms with Crippen LogP contribution in [0.4, 0.5) is 0 Å². The molecule has 0 fully saturated rings. The van der Waals surface area contributed by atoms with Gasteiger partial charge in [0.2, 0.25) is 0 Å². The summed E-state index contributed by atoms with van der Waals surface area (Å²) in [5.74, 6) is 0. The maximum absolute atomic E-state index is 5.25. The topological polar surface area (TPSA) is 64.5 Å². The average Bonchev–Trinajstić information content (AvgIpc) is 3.21. The van der Waals surface area contributed by atoms with E-state index in [4.69, 9.17) is 9.97 Å². The first-order valence-electron chi connectivity index (χ1n) is 16.9. The van der Waals surface area contributed by atoms with E-state index < -0.39 is 0 Å². The summed E-state index contributed by atoms with van der Waals surface area (Å²) in [7, 11) is 0. The molecular weight excluding hydrogens is 611 g/mol. The summed E-state index contributed by atoms with van der Waals surface area (Å²) in [4.78, 5) is 23.7. The maximum atomic E-state index is 5.25. The van der Waals surface area contributed by atoms with E-state index in [1.54, 1.807) is 0 Å². The van der Waals surface area contributed by atoms with Crippen LogP contribution in [0.25, 0.3) is 78.0 Å². The second kappa shape index (κ2) is 12.8. The quantitative estimate of drug-likeness (QED) is 0.169. The van der Waals surface area contributed by atoms with Gasteiger partial charge in [-0.05, 0) is 107 Å². The number of rotatable bonds is 6. The summed E-state index contributed by atoms with van der Waals surface area (Å²) in [6, 6.07) is 44.1. The lowest BCUT2D eigenvalue weighted by Crippen LogP contribution is -1.98. The zero-order valence-corrected chi connectivity index (χ0v) is 27.2. The van der Waals surface area contributed by atoms with Gasteiger partial charge in [0.05, 0.1) is 34.0 Å². The van der Waals surface area contributed by atoms with Gasteiger partial charge in [0.25, 0.3) is 0 Å². The molecule has 5 heteroatoms. The molecular formula is C45H31N5. The molecule has 1 aliphatic rings. The van der Waals surface area contributed by atoms with Crippen molar-refractivity contribution in [3.05, 3.63) is 175 Å². The van der Waals surface area contributed by atoms with Crippen LogP contribution in [0.2, 0.25) is 0 Å². The Morgan fingerprint density at radius 2 is 1.10 bits per heavy atom. The number of fused-ring (bicyclic) bond motifs is 3. The van der Waals surface area contributed by atoms with Crippen LogP contribution >= 0.6 is 0 Å². The number of aromatic nitrogens is 5. The number of benzene rings is 3. The van der Waals surface area contributed by atoms with Crippen molar-refractivity contribution >= 4 is 32.8 Å². The van der Waals surface area contributed by atoms with Crippen molar-refractivity contribution in [2.75, 3.05) is 0 Å². The Kier molecular flexibility index (Phi) is 7.56. The van der Waals surface area contributed by atoms with Crippen LogP contribution in [0.1, 0.15) is 24.0 Å². The highest BCUT2D eigenvalue weighted by Crippen LogP contribution is 2.41. The average molecular weight is 642 g/mol. The summed E-state index contributed by atoms with van der Waals surface area (Å²) in [5, 5.41) is 3.49. The van der Waals surface area contributed by atoms with Crippen molar-refractivity contribution < 1.29 is 0 Å². The smallest absolute Gasteiger partial charge is 0.0900 e. The number of hydrogen-bond acceptors (Lipinski definition) is 5. The van der Waals surface area contributed by atoms with E-state index in [2.05, 4.69) is 112 Å². The van der Waals surface area contributed by atoms with E-state index in [0.717, 1.165) is 74.3 Å². The molecule has 5 heterocycles. The van der Waals surface area contributed by atoms with Crippen molar-refractivity contribution in [3.63, 3.8) is 0 Å². The third-order valence-corrected chi connectivity index (χ3v) is 9.43. The molecule has 0 saturated carbocycles. The summed E-state index contributed by atoms with van der Waals surface area (Å²) in [6.07, 6.45) is 13.7. The Hall–Kier alpha value is -6.59. The van der Waals surface area contributed by atoms with E-state index in [-0.39, 0.29) is 0 Å². The van der Waals surface area contributed by atoms with Crippen molar-refractivity contribution in [1.82, 2.24) is 24.9 Å². The van der Waals surface area contributed by atoms with Gasteiger partial charge in [0, 0.05) is 46.5 Å². The Morgan fingerprint density at radius 1 is 0.420 bits per heavy atom. The predicted octanol–water partition coefficient (Wildman–Crippen LogP) is 10.9. The Labute approximate surface area is 290 Å². The molecule has 0 spiro atoms. The van der Waals surface area contributed by atoms with Gasteiger partial charge in [-0.3, -0.25) is 15.0 Å². The molecule has 236 valence electrons. The van der Waals surface area contributed by atoms with E-state index in [0.29, 0.717) is 0 Å². The van der Waals surface area contributed by atoms with Crippen LogP contribution in [0.3, 0.4) is 0 Å². The Balaban J connectivity index is 1.16. The molecule has 0 radical (unpaired) electrons. The number of allylic oxidation sites excluding steroid dienone is 4. The third-order valence-electron chi connectivity index (χ3n) is 9.43. The van der Waals surface area contributed by atoms with Crippen LogP contribution in [-0.4, -0.2) is 24.9 Å². The zero-order chi connectivity index (χ0) is 33.3. The van der Waals surface area contributed by atoms with Gasteiger partial charge in [0.15, 0.2) is 0 Å². The monoisotopic (exact) mass is 641 g/mol. The van der Waals surface area contributed by atoms with Gasteiger partial charge in [-0.1, -0.05) is 78.9 Å². The fourth-order valence-corrected chi connectivity index (χ4v) is 6.97. The first-order chi connectivity index (χ1) is 24.8.